The molecule has 3 amide bonds. The van der Waals surface area contributed by atoms with Gasteiger partial charge in [-0.15, -0.1) is 0 Å². The van der Waals surface area contributed by atoms with Crippen molar-refractivity contribution in [1.82, 2.24) is 10.6 Å². The number of urea groups is 1. The van der Waals surface area contributed by atoms with E-state index in [-0.39, 0.29) is 5.91 Å². The van der Waals surface area contributed by atoms with Crippen LogP contribution in [0.15, 0.2) is 22.7 Å². The van der Waals surface area contributed by atoms with Gasteiger partial charge < -0.3 is 10.6 Å². The van der Waals surface area contributed by atoms with E-state index in [1.54, 1.807) is 6.92 Å². The Morgan fingerprint density at radius 3 is 2.50 bits per heavy atom. The summed E-state index contributed by atoms with van der Waals surface area (Å²) in [5.41, 5.74) is 1.90. The van der Waals surface area contributed by atoms with Gasteiger partial charge in [-0.25, -0.2) is 4.79 Å². The zero-order valence-corrected chi connectivity index (χ0v) is 12.1. The van der Waals surface area contributed by atoms with E-state index in [2.05, 4.69) is 31.9 Å². The summed E-state index contributed by atoms with van der Waals surface area (Å²) in [5, 5.41) is 7.57. The Kier molecular flexibility index (Phi) is 5.15. The topological polar surface area (TPSA) is 70.2 Å². The number of amides is 3. The molecule has 0 saturated carbocycles. The molecule has 6 heteroatoms. The molecule has 1 aromatic rings. The van der Waals surface area contributed by atoms with Gasteiger partial charge in [0.25, 0.3) is 0 Å². The second-order valence-electron chi connectivity index (χ2n) is 3.95. The van der Waals surface area contributed by atoms with Crippen LogP contribution in [0.3, 0.4) is 0 Å². The predicted octanol–water partition coefficient (Wildman–Crippen LogP) is 2.01. The Morgan fingerprint density at radius 1 is 1.28 bits per heavy atom. The smallest absolute Gasteiger partial charge is 0.321 e. The highest BCUT2D eigenvalue weighted by Crippen LogP contribution is 2.19. The van der Waals surface area contributed by atoms with Gasteiger partial charge in [0.05, 0.1) is 0 Å². The van der Waals surface area contributed by atoms with E-state index in [1.165, 1.54) is 7.05 Å². The first-order valence-corrected chi connectivity index (χ1v) is 6.28. The largest absolute Gasteiger partial charge is 0.374 e. The van der Waals surface area contributed by atoms with Gasteiger partial charge in [0, 0.05) is 17.2 Å². The Balaban J connectivity index is 2.66. The SMILES string of the molecule is CNC(=O)NC(=O)C(C)Nc1cc(C)cc(Br)c1. The maximum atomic E-state index is 11.6. The van der Waals surface area contributed by atoms with Gasteiger partial charge in [-0.3, -0.25) is 10.1 Å². The van der Waals surface area contributed by atoms with Crippen LogP contribution in [0.1, 0.15) is 12.5 Å². The van der Waals surface area contributed by atoms with E-state index in [0.29, 0.717) is 0 Å². The number of hydrogen-bond donors (Lipinski definition) is 3. The fourth-order valence-electron chi connectivity index (χ4n) is 1.42. The van der Waals surface area contributed by atoms with E-state index >= 15 is 0 Å². The van der Waals surface area contributed by atoms with Crippen LogP contribution in [-0.2, 0) is 4.79 Å². The van der Waals surface area contributed by atoms with Crippen LogP contribution in [0.25, 0.3) is 0 Å². The molecule has 1 rings (SSSR count). The summed E-state index contributed by atoms with van der Waals surface area (Å²) in [6, 6.07) is 4.75. The molecular formula is C12H16BrN3O2. The second kappa shape index (κ2) is 6.39. The average Bonchev–Trinajstić information content (AvgIpc) is 2.27. The summed E-state index contributed by atoms with van der Waals surface area (Å²) < 4.78 is 0.934. The number of carbonyl (C=O) groups is 2. The molecule has 1 atom stereocenters. The highest BCUT2D eigenvalue weighted by atomic mass is 79.9. The van der Waals surface area contributed by atoms with Crippen LogP contribution >= 0.6 is 15.9 Å². The molecule has 1 unspecified atom stereocenters. The highest BCUT2D eigenvalue weighted by Gasteiger charge is 2.14. The van der Waals surface area contributed by atoms with E-state index in [4.69, 9.17) is 0 Å². The Hall–Kier alpha value is -1.56. The average molecular weight is 314 g/mol. The van der Waals surface area contributed by atoms with Crippen molar-refractivity contribution in [3.63, 3.8) is 0 Å². The molecule has 3 N–H and O–H groups in total. The fourth-order valence-corrected chi connectivity index (χ4v) is 2.03. The number of nitrogens with one attached hydrogen (secondary N) is 3. The van der Waals surface area contributed by atoms with Crippen molar-refractivity contribution in [3.8, 4) is 0 Å². The lowest BCUT2D eigenvalue weighted by molar-refractivity contribution is -0.120. The Labute approximate surface area is 114 Å². The summed E-state index contributed by atoms with van der Waals surface area (Å²) in [6.45, 7) is 3.65. The van der Waals surface area contributed by atoms with Crippen LogP contribution in [0.2, 0.25) is 0 Å². The van der Waals surface area contributed by atoms with Gasteiger partial charge in [-0.1, -0.05) is 15.9 Å². The first kappa shape index (κ1) is 14.5. The van der Waals surface area contributed by atoms with Gasteiger partial charge in [0.15, 0.2) is 0 Å². The van der Waals surface area contributed by atoms with Crippen molar-refractivity contribution in [2.24, 2.45) is 0 Å². The van der Waals surface area contributed by atoms with Crippen molar-refractivity contribution in [3.05, 3.63) is 28.2 Å². The lowest BCUT2D eigenvalue weighted by Crippen LogP contribution is -2.44. The third-order valence-electron chi connectivity index (χ3n) is 2.28. The van der Waals surface area contributed by atoms with Crippen LogP contribution in [0, 0.1) is 6.92 Å². The van der Waals surface area contributed by atoms with Crippen LogP contribution in [0.4, 0.5) is 10.5 Å². The number of imide groups is 1. The standard InChI is InChI=1S/C12H16BrN3O2/c1-7-4-9(13)6-10(5-7)15-8(2)11(17)16-12(18)14-3/h4-6,8,15H,1-3H3,(H2,14,16,17,18). The maximum absolute atomic E-state index is 11.6. The minimum absolute atomic E-state index is 0.382. The van der Waals surface area contributed by atoms with E-state index in [9.17, 15) is 9.59 Å². The first-order valence-electron chi connectivity index (χ1n) is 5.48. The number of aryl methyl sites for hydroxylation is 1. The molecule has 18 heavy (non-hydrogen) atoms. The summed E-state index contributed by atoms with van der Waals surface area (Å²) >= 11 is 3.39. The predicted molar refractivity (Wildman–Crippen MR) is 74.6 cm³/mol. The third-order valence-corrected chi connectivity index (χ3v) is 2.74. The quantitative estimate of drug-likeness (QED) is 0.799. The molecule has 1 aromatic carbocycles. The highest BCUT2D eigenvalue weighted by molar-refractivity contribution is 9.10. The van der Waals surface area contributed by atoms with Crippen LogP contribution in [-0.4, -0.2) is 25.0 Å². The molecule has 0 radical (unpaired) electrons. The summed E-state index contributed by atoms with van der Waals surface area (Å²) in [5.74, 6) is -0.382. The lowest BCUT2D eigenvalue weighted by atomic mass is 10.2. The fraction of sp³-hybridized carbons (Fsp3) is 0.333. The Morgan fingerprint density at radius 2 is 1.94 bits per heavy atom. The van der Waals surface area contributed by atoms with Gasteiger partial charge in [0.1, 0.15) is 6.04 Å². The van der Waals surface area contributed by atoms with Crippen molar-refractivity contribution in [2.75, 3.05) is 12.4 Å². The molecule has 0 saturated heterocycles. The van der Waals surface area contributed by atoms with Crippen molar-refractivity contribution in [1.29, 1.82) is 0 Å². The molecule has 0 spiro atoms. The van der Waals surface area contributed by atoms with E-state index in [1.807, 2.05) is 25.1 Å². The molecule has 0 bridgehead atoms. The minimum atomic E-state index is -0.515. The normalized spacial score (nSPS) is 11.6. The van der Waals surface area contributed by atoms with Crippen LogP contribution < -0.4 is 16.0 Å². The number of halogens is 1. The van der Waals surface area contributed by atoms with Gasteiger partial charge in [-0.2, -0.15) is 0 Å². The first-order chi connectivity index (χ1) is 8.42. The molecule has 0 heterocycles. The molecular weight excluding hydrogens is 298 g/mol. The third kappa shape index (κ3) is 4.37. The van der Waals surface area contributed by atoms with Gasteiger partial charge >= 0.3 is 6.03 Å². The summed E-state index contributed by atoms with van der Waals surface area (Å²) in [6.07, 6.45) is 0. The van der Waals surface area contributed by atoms with E-state index in [0.717, 1.165) is 15.7 Å². The zero-order valence-electron chi connectivity index (χ0n) is 10.5. The van der Waals surface area contributed by atoms with Gasteiger partial charge in [-0.05, 0) is 37.6 Å². The maximum Gasteiger partial charge on any atom is 0.321 e. The number of rotatable bonds is 3. The van der Waals surface area contributed by atoms with Crippen LogP contribution in [0.5, 0.6) is 0 Å². The van der Waals surface area contributed by atoms with E-state index < -0.39 is 12.1 Å². The van der Waals surface area contributed by atoms with Crippen molar-refractivity contribution >= 4 is 33.6 Å². The van der Waals surface area contributed by atoms with Crippen molar-refractivity contribution < 1.29 is 9.59 Å². The molecule has 98 valence electrons. The number of hydrogen-bond acceptors (Lipinski definition) is 3. The molecule has 0 fully saturated rings. The van der Waals surface area contributed by atoms with Gasteiger partial charge in [0.2, 0.25) is 5.91 Å². The second-order valence-corrected chi connectivity index (χ2v) is 4.87. The number of carbonyl (C=O) groups excluding carboxylic acids is 2. The molecule has 0 aliphatic carbocycles. The summed E-state index contributed by atoms with van der Waals surface area (Å²) in [7, 11) is 1.46. The Bertz CT molecular complexity index is 442. The lowest BCUT2D eigenvalue weighted by Gasteiger charge is -2.15. The number of anilines is 1. The number of benzene rings is 1. The minimum Gasteiger partial charge on any atom is -0.374 e. The zero-order chi connectivity index (χ0) is 13.7. The monoisotopic (exact) mass is 313 g/mol. The molecule has 0 aromatic heterocycles. The summed E-state index contributed by atoms with van der Waals surface area (Å²) in [4.78, 5) is 22.6. The molecule has 0 aliphatic rings. The molecule has 0 aliphatic heterocycles. The molecule has 5 nitrogen and oxygen atoms in total. The van der Waals surface area contributed by atoms with Crippen molar-refractivity contribution in [2.45, 2.75) is 19.9 Å².